The standard InChI is InChI=1S/C20H30FNO4/c1-7-8-11-25-17(23)16-12-15(21)10-9-14(16)13-20(5,6)22-18(24)26-19(2,3)4/h9-10,12H,7-8,11,13H2,1-6H3,(H,22,24). The predicted molar refractivity (Wildman–Crippen MR) is 98.7 cm³/mol. The quantitative estimate of drug-likeness (QED) is 0.564. The Labute approximate surface area is 155 Å². The number of halogens is 1. The Morgan fingerprint density at radius 1 is 1.15 bits per heavy atom. The molecule has 0 fully saturated rings. The molecule has 1 aromatic carbocycles. The summed E-state index contributed by atoms with van der Waals surface area (Å²) in [5, 5.41) is 2.79. The summed E-state index contributed by atoms with van der Waals surface area (Å²) in [6, 6.07) is 4.01. The van der Waals surface area contributed by atoms with Crippen LogP contribution in [0.4, 0.5) is 9.18 Å². The third-order valence-corrected chi connectivity index (χ3v) is 3.49. The van der Waals surface area contributed by atoms with Gasteiger partial charge >= 0.3 is 12.1 Å². The molecule has 146 valence electrons. The Hall–Kier alpha value is -2.11. The minimum atomic E-state index is -0.696. The zero-order valence-electron chi connectivity index (χ0n) is 16.6. The van der Waals surface area contributed by atoms with Crippen molar-refractivity contribution >= 4 is 12.1 Å². The third-order valence-electron chi connectivity index (χ3n) is 3.49. The smallest absolute Gasteiger partial charge is 0.408 e. The van der Waals surface area contributed by atoms with E-state index < -0.39 is 29.0 Å². The van der Waals surface area contributed by atoms with Crippen molar-refractivity contribution in [2.75, 3.05) is 6.61 Å². The van der Waals surface area contributed by atoms with Crippen molar-refractivity contribution in [3.63, 3.8) is 0 Å². The van der Waals surface area contributed by atoms with Crippen molar-refractivity contribution in [2.24, 2.45) is 0 Å². The maximum absolute atomic E-state index is 13.6. The van der Waals surface area contributed by atoms with Crippen LogP contribution in [0.1, 0.15) is 70.3 Å². The SMILES string of the molecule is CCCCOC(=O)c1cc(F)ccc1CC(C)(C)NC(=O)OC(C)(C)C. The molecule has 0 aliphatic heterocycles. The summed E-state index contributed by atoms with van der Waals surface area (Å²) in [7, 11) is 0. The zero-order chi connectivity index (χ0) is 20.0. The lowest BCUT2D eigenvalue weighted by Crippen LogP contribution is -2.47. The van der Waals surface area contributed by atoms with E-state index in [2.05, 4.69) is 5.32 Å². The van der Waals surface area contributed by atoms with Crippen LogP contribution in [-0.2, 0) is 15.9 Å². The molecule has 1 aromatic rings. The Morgan fingerprint density at radius 3 is 2.38 bits per heavy atom. The minimum absolute atomic E-state index is 0.181. The number of ether oxygens (including phenoxy) is 2. The second kappa shape index (κ2) is 9.01. The van der Waals surface area contributed by atoms with Gasteiger partial charge in [0.15, 0.2) is 0 Å². The summed E-state index contributed by atoms with van der Waals surface area (Å²) in [6.45, 7) is 11.3. The number of alkyl carbamates (subject to hydrolysis) is 1. The maximum Gasteiger partial charge on any atom is 0.408 e. The summed E-state index contributed by atoms with van der Waals surface area (Å²) in [5.74, 6) is -1.06. The number of nitrogens with one attached hydrogen (secondary N) is 1. The molecule has 0 aliphatic rings. The van der Waals surface area contributed by atoms with E-state index in [0.29, 0.717) is 18.6 Å². The first-order chi connectivity index (χ1) is 11.9. The molecule has 1 N–H and O–H groups in total. The molecule has 0 bridgehead atoms. The topological polar surface area (TPSA) is 64.6 Å². The third kappa shape index (κ3) is 7.85. The fourth-order valence-electron chi connectivity index (χ4n) is 2.38. The van der Waals surface area contributed by atoms with Gasteiger partial charge in [-0.1, -0.05) is 19.4 Å². The molecule has 0 aromatic heterocycles. The summed E-state index contributed by atoms with van der Waals surface area (Å²) in [4.78, 5) is 24.3. The number of hydrogen-bond acceptors (Lipinski definition) is 4. The van der Waals surface area contributed by atoms with Crippen molar-refractivity contribution in [1.82, 2.24) is 5.32 Å². The first-order valence-corrected chi connectivity index (χ1v) is 8.90. The van der Waals surface area contributed by atoms with Crippen molar-refractivity contribution in [3.05, 3.63) is 35.1 Å². The normalized spacial score (nSPS) is 11.8. The van der Waals surface area contributed by atoms with Gasteiger partial charge in [0.2, 0.25) is 0 Å². The van der Waals surface area contributed by atoms with Crippen molar-refractivity contribution in [2.45, 2.75) is 71.9 Å². The fraction of sp³-hybridized carbons (Fsp3) is 0.600. The summed E-state index contributed by atoms with van der Waals surface area (Å²) in [6.07, 6.45) is 1.43. The van der Waals surface area contributed by atoms with Gasteiger partial charge in [-0.2, -0.15) is 0 Å². The highest BCUT2D eigenvalue weighted by atomic mass is 19.1. The molecule has 0 spiro atoms. The van der Waals surface area contributed by atoms with Crippen LogP contribution in [0.15, 0.2) is 18.2 Å². The number of unbranched alkanes of at least 4 members (excludes halogenated alkanes) is 1. The van der Waals surface area contributed by atoms with E-state index in [4.69, 9.17) is 9.47 Å². The second-order valence-corrected chi connectivity index (χ2v) is 7.98. The van der Waals surface area contributed by atoms with E-state index in [1.807, 2.05) is 20.8 Å². The first-order valence-electron chi connectivity index (χ1n) is 8.90. The van der Waals surface area contributed by atoms with Crippen molar-refractivity contribution in [1.29, 1.82) is 0 Å². The van der Waals surface area contributed by atoms with E-state index >= 15 is 0 Å². The van der Waals surface area contributed by atoms with Gasteiger partial charge in [0.1, 0.15) is 11.4 Å². The molecule has 6 heteroatoms. The number of carbonyl (C=O) groups is 2. The Balaban J connectivity index is 2.90. The van der Waals surface area contributed by atoms with Crippen LogP contribution in [0.2, 0.25) is 0 Å². The predicted octanol–water partition coefficient (Wildman–Crippen LogP) is 4.63. The van der Waals surface area contributed by atoms with E-state index in [1.165, 1.54) is 12.1 Å². The molecule has 0 saturated carbocycles. The molecule has 1 rings (SSSR count). The maximum atomic E-state index is 13.6. The number of esters is 1. The molecule has 0 atom stereocenters. The van der Waals surface area contributed by atoms with Crippen LogP contribution in [0.3, 0.4) is 0 Å². The molecule has 0 saturated heterocycles. The van der Waals surface area contributed by atoms with Crippen LogP contribution in [0, 0.1) is 5.82 Å². The summed E-state index contributed by atoms with van der Waals surface area (Å²) < 4.78 is 24.1. The van der Waals surface area contributed by atoms with Gasteiger partial charge in [0, 0.05) is 5.54 Å². The zero-order valence-corrected chi connectivity index (χ0v) is 16.6. The largest absolute Gasteiger partial charge is 0.462 e. The Morgan fingerprint density at radius 2 is 1.81 bits per heavy atom. The highest BCUT2D eigenvalue weighted by Gasteiger charge is 2.27. The molecule has 0 aliphatic carbocycles. The van der Waals surface area contributed by atoms with Gasteiger partial charge in [0.05, 0.1) is 12.2 Å². The van der Waals surface area contributed by atoms with Gasteiger partial charge in [0.25, 0.3) is 0 Å². The number of amides is 1. The average molecular weight is 367 g/mol. The van der Waals surface area contributed by atoms with E-state index in [9.17, 15) is 14.0 Å². The van der Waals surface area contributed by atoms with Crippen molar-refractivity contribution in [3.8, 4) is 0 Å². The lowest BCUT2D eigenvalue weighted by molar-refractivity contribution is 0.0472. The lowest BCUT2D eigenvalue weighted by atomic mass is 9.92. The molecule has 0 heterocycles. The minimum Gasteiger partial charge on any atom is -0.462 e. The van der Waals surface area contributed by atoms with E-state index in [1.54, 1.807) is 26.8 Å². The van der Waals surface area contributed by atoms with Crippen LogP contribution in [0.25, 0.3) is 0 Å². The molecule has 5 nitrogen and oxygen atoms in total. The van der Waals surface area contributed by atoms with Crippen LogP contribution < -0.4 is 5.32 Å². The summed E-state index contributed by atoms with van der Waals surface area (Å²) >= 11 is 0. The van der Waals surface area contributed by atoms with E-state index in [0.717, 1.165) is 12.8 Å². The van der Waals surface area contributed by atoms with Gasteiger partial charge in [-0.25, -0.2) is 14.0 Å². The molecular formula is C20H30FNO4. The molecular weight excluding hydrogens is 337 g/mol. The lowest BCUT2D eigenvalue weighted by Gasteiger charge is -2.29. The number of rotatable bonds is 7. The van der Waals surface area contributed by atoms with Crippen molar-refractivity contribution < 1.29 is 23.5 Å². The van der Waals surface area contributed by atoms with Gasteiger partial charge in [-0.15, -0.1) is 0 Å². The highest BCUT2D eigenvalue weighted by molar-refractivity contribution is 5.91. The van der Waals surface area contributed by atoms with Gasteiger partial charge < -0.3 is 14.8 Å². The Kier molecular flexibility index (Phi) is 7.60. The second-order valence-electron chi connectivity index (χ2n) is 7.98. The first kappa shape index (κ1) is 21.9. The fourth-order valence-corrected chi connectivity index (χ4v) is 2.38. The average Bonchev–Trinajstić information content (AvgIpc) is 2.46. The van der Waals surface area contributed by atoms with Crippen LogP contribution in [-0.4, -0.2) is 29.8 Å². The molecule has 0 unspecified atom stereocenters. The van der Waals surface area contributed by atoms with E-state index in [-0.39, 0.29) is 5.56 Å². The Bertz CT molecular complexity index is 635. The van der Waals surface area contributed by atoms with Gasteiger partial charge in [-0.3, -0.25) is 0 Å². The summed E-state index contributed by atoms with van der Waals surface area (Å²) in [5.41, 5.74) is -0.516. The molecule has 0 radical (unpaired) electrons. The van der Waals surface area contributed by atoms with Crippen LogP contribution >= 0.6 is 0 Å². The molecule has 26 heavy (non-hydrogen) atoms. The monoisotopic (exact) mass is 367 g/mol. The van der Waals surface area contributed by atoms with Crippen LogP contribution in [0.5, 0.6) is 0 Å². The van der Waals surface area contributed by atoms with Gasteiger partial charge in [-0.05, 0) is 65.2 Å². The highest BCUT2D eigenvalue weighted by Crippen LogP contribution is 2.20. The molecule has 1 amide bonds. The number of hydrogen-bond donors (Lipinski definition) is 1. The number of benzene rings is 1. The number of carbonyl (C=O) groups excluding carboxylic acids is 2.